The van der Waals surface area contributed by atoms with Crippen molar-refractivity contribution in [1.82, 2.24) is 15.5 Å². The fraction of sp³-hybridized carbons (Fsp3) is 0.652. The zero-order valence-electron chi connectivity index (χ0n) is 17.7. The van der Waals surface area contributed by atoms with Crippen molar-refractivity contribution in [1.29, 1.82) is 0 Å². The summed E-state index contributed by atoms with van der Waals surface area (Å²) >= 11 is 0. The Morgan fingerprint density at radius 3 is 2.73 bits per heavy atom. The summed E-state index contributed by atoms with van der Waals surface area (Å²) in [5.74, 6) is 0.465. The fourth-order valence-corrected chi connectivity index (χ4v) is 6.66. The summed E-state index contributed by atoms with van der Waals surface area (Å²) in [6.07, 6.45) is 3.73. The van der Waals surface area contributed by atoms with Gasteiger partial charge in [-0.3, -0.25) is 15.0 Å². The van der Waals surface area contributed by atoms with E-state index in [0.29, 0.717) is 31.6 Å². The number of carbonyl (C=O) groups is 2. The van der Waals surface area contributed by atoms with Crippen LogP contribution in [0.4, 0.5) is 4.79 Å². The summed E-state index contributed by atoms with van der Waals surface area (Å²) in [5, 5.41) is 27.8. The van der Waals surface area contributed by atoms with Gasteiger partial charge in [-0.05, 0) is 80.8 Å². The molecule has 1 aromatic rings. The number of likely N-dealkylation sites (tertiary alicyclic amines) is 1. The summed E-state index contributed by atoms with van der Waals surface area (Å²) in [4.78, 5) is 27.2. The van der Waals surface area contributed by atoms with Crippen LogP contribution in [0, 0.1) is 5.92 Å². The molecular formula is C23H31N3O4. The van der Waals surface area contributed by atoms with Gasteiger partial charge in [0.25, 0.3) is 5.91 Å². The van der Waals surface area contributed by atoms with Crippen LogP contribution in [0.3, 0.4) is 0 Å². The Labute approximate surface area is 176 Å². The zero-order chi connectivity index (χ0) is 21.3. The molecule has 2 aliphatic carbocycles. The molecule has 1 aromatic carbocycles. The number of benzene rings is 1. The molecule has 1 spiro atoms. The molecule has 162 valence electrons. The van der Waals surface area contributed by atoms with Crippen LogP contribution in [-0.4, -0.2) is 57.3 Å². The van der Waals surface area contributed by atoms with Crippen LogP contribution < -0.4 is 10.6 Å². The maximum Gasteiger partial charge on any atom is 0.322 e. The van der Waals surface area contributed by atoms with Crippen molar-refractivity contribution in [2.45, 2.75) is 75.0 Å². The highest BCUT2D eigenvalue weighted by atomic mass is 16.3. The number of urea groups is 1. The van der Waals surface area contributed by atoms with Gasteiger partial charge in [-0.2, -0.15) is 0 Å². The third-order valence-electron chi connectivity index (χ3n) is 8.21. The number of nitrogens with zero attached hydrogens (tertiary/aromatic N) is 1. The second-order valence-corrected chi connectivity index (χ2v) is 10.2. The van der Waals surface area contributed by atoms with Gasteiger partial charge < -0.3 is 15.5 Å². The minimum Gasteiger partial charge on any atom is -0.508 e. The number of nitrogens with one attached hydrogen (secondary N) is 2. The molecule has 3 fully saturated rings. The smallest absolute Gasteiger partial charge is 0.322 e. The first kappa shape index (κ1) is 19.8. The molecule has 5 rings (SSSR count). The Kier molecular flexibility index (Phi) is 4.25. The van der Waals surface area contributed by atoms with E-state index >= 15 is 0 Å². The number of phenolic OH excluding ortho intramolecular Hbond substituents is 1. The molecule has 1 saturated carbocycles. The number of rotatable bonds is 3. The van der Waals surface area contributed by atoms with Crippen molar-refractivity contribution in [2.75, 3.05) is 13.1 Å². The average molecular weight is 414 g/mol. The van der Waals surface area contributed by atoms with E-state index in [0.717, 1.165) is 37.1 Å². The molecule has 7 nitrogen and oxygen atoms in total. The van der Waals surface area contributed by atoms with Crippen LogP contribution in [-0.2, 0) is 16.6 Å². The highest BCUT2D eigenvalue weighted by molar-refractivity contribution is 6.07. The maximum atomic E-state index is 12.8. The minimum atomic E-state index is -0.998. The molecule has 2 saturated heterocycles. The van der Waals surface area contributed by atoms with Crippen LogP contribution in [0.25, 0.3) is 0 Å². The first-order chi connectivity index (χ1) is 14.2. The Morgan fingerprint density at radius 2 is 2.03 bits per heavy atom. The van der Waals surface area contributed by atoms with E-state index in [2.05, 4.69) is 29.4 Å². The van der Waals surface area contributed by atoms with Gasteiger partial charge in [0.2, 0.25) is 0 Å². The van der Waals surface area contributed by atoms with E-state index in [4.69, 9.17) is 0 Å². The first-order valence-corrected chi connectivity index (χ1v) is 11.1. The van der Waals surface area contributed by atoms with E-state index in [-0.39, 0.29) is 17.7 Å². The fourth-order valence-electron chi connectivity index (χ4n) is 6.66. The molecule has 2 aliphatic heterocycles. The highest BCUT2D eigenvalue weighted by Crippen LogP contribution is 2.60. The lowest BCUT2D eigenvalue weighted by Crippen LogP contribution is -2.76. The highest BCUT2D eigenvalue weighted by Gasteiger charge is 2.69. The number of hydrogen-bond donors (Lipinski definition) is 4. The SMILES string of the molecule is CC(C)CCN1CCC23CC4(CCC2(O)C1Cc1ccc(O)cc13)NC(=O)NC4=O. The van der Waals surface area contributed by atoms with Crippen LogP contribution in [0.2, 0.25) is 0 Å². The van der Waals surface area contributed by atoms with Gasteiger partial charge in [0.05, 0.1) is 5.60 Å². The van der Waals surface area contributed by atoms with Gasteiger partial charge in [0.15, 0.2) is 0 Å². The normalized spacial score (nSPS) is 37.7. The van der Waals surface area contributed by atoms with Crippen molar-refractivity contribution in [3.05, 3.63) is 29.3 Å². The number of amides is 3. The lowest BCUT2D eigenvalue weighted by molar-refractivity contribution is -0.180. The first-order valence-electron chi connectivity index (χ1n) is 11.1. The number of piperidine rings is 1. The molecule has 4 unspecified atom stereocenters. The largest absolute Gasteiger partial charge is 0.508 e. The van der Waals surface area contributed by atoms with E-state index in [1.54, 1.807) is 12.1 Å². The van der Waals surface area contributed by atoms with Crippen molar-refractivity contribution >= 4 is 11.9 Å². The van der Waals surface area contributed by atoms with Crippen molar-refractivity contribution in [3.8, 4) is 5.75 Å². The van der Waals surface area contributed by atoms with E-state index in [9.17, 15) is 19.8 Å². The number of carbonyl (C=O) groups excluding carboxylic acids is 2. The number of hydrogen-bond acceptors (Lipinski definition) is 5. The van der Waals surface area contributed by atoms with Crippen molar-refractivity contribution in [3.63, 3.8) is 0 Å². The van der Waals surface area contributed by atoms with Gasteiger partial charge in [0, 0.05) is 11.5 Å². The van der Waals surface area contributed by atoms with E-state index < -0.39 is 22.6 Å². The van der Waals surface area contributed by atoms with E-state index in [1.165, 1.54) is 0 Å². The Hall–Kier alpha value is -2.12. The van der Waals surface area contributed by atoms with E-state index in [1.807, 2.05) is 6.07 Å². The zero-order valence-corrected chi connectivity index (χ0v) is 17.7. The molecule has 4 atom stereocenters. The third kappa shape index (κ3) is 2.57. The second kappa shape index (κ2) is 6.44. The number of aliphatic hydroxyl groups is 1. The molecule has 0 radical (unpaired) electrons. The topological polar surface area (TPSA) is 102 Å². The predicted octanol–water partition coefficient (Wildman–Crippen LogP) is 1.80. The average Bonchev–Trinajstić information content (AvgIpc) is 2.95. The number of fused-ring (bicyclic) bond motifs is 1. The Bertz CT molecular complexity index is 918. The standard InChI is InChI=1S/C23H31N3O4/c1-14(2)5-9-26-10-8-21-13-22(19(28)24-20(29)25-22)6-7-23(21,30)18(26)11-15-3-4-16(27)12-17(15)21/h3-4,12,14,18,27,30H,5-11,13H2,1-2H3,(H2,24,25,28,29). The summed E-state index contributed by atoms with van der Waals surface area (Å²) in [5.41, 5.74) is -0.599. The van der Waals surface area contributed by atoms with Gasteiger partial charge in [0.1, 0.15) is 11.3 Å². The van der Waals surface area contributed by atoms with Crippen molar-refractivity contribution < 1.29 is 19.8 Å². The van der Waals surface area contributed by atoms with Gasteiger partial charge in [-0.1, -0.05) is 19.9 Å². The molecule has 7 heteroatoms. The summed E-state index contributed by atoms with van der Waals surface area (Å²) in [6, 6.07) is 4.95. The third-order valence-corrected chi connectivity index (χ3v) is 8.21. The lowest BCUT2D eigenvalue weighted by atomic mass is 9.46. The van der Waals surface area contributed by atoms with Crippen LogP contribution in [0.5, 0.6) is 5.75 Å². The molecule has 30 heavy (non-hydrogen) atoms. The second-order valence-electron chi connectivity index (χ2n) is 10.2. The molecule has 0 aromatic heterocycles. The van der Waals surface area contributed by atoms with Gasteiger partial charge in [-0.25, -0.2) is 4.79 Å². The molecular weight excluding hydrogens is 382 g/mol. The number of phenols is 1. The lowest BCUT2D eigenvalue weighted by Gasteiger charge is -2.65. The molecule has 4 aliphatic rings. The summed E-state index contributed by atoms with van der Waals surface area (Å²) in [6.45, 7) is 6.21. The summed E-state index contributed by atoms with van der Waals surface area (Å²) < 4.78 is 0. The molecule has 2 heterocycles. The number of imide groups is 1. The molecule has 2 bridgehead atoms. The quantitative estimate of drug-likeness (QED) is 0.566. The number of aromatic hydroxyl groups is 1. The Balaban J connectivity index is 1.62. The minimum absolute atomic E-state index is 0.0282. The predicted molar refractivity (Wildman–Crippen MR) is 111 cm³/mol. The summed E-state index contributed by atoms with van der Waals surface area (Å²) in [7, 11) is 0. The van der Waals surface area contributed by atoms with Crippen LogP contribution in [0.1, 0.15) is 57.1 Å². The molecule has 4 N–H and O–H groups in total. The van der Waals surface area contributed by atoms with Gasteiger partial charge >= 0.3 is 6.03 Å². The maximum absolute atomic E-state index is 12.8. The van der Waals surface area contributed by atoms with Crippen molar-refractivity contribution in [2.24, 2.45) is 5.92 Å². The van der Waals surface area contributed by atoms with Crippen LogP contribution >= 0.6 is 0 Å². The molecule has 3 amide bonds. The van der Waals surface area contributed by atoms with Gasteiger partial charge in [-0.15, -0.1) is 0 Å². The Morgan fingerprint density at radius 1 is 1.23 bits per heavy atom. The van der Waals surface area contributed by atoms with Crippen LogP contribution in [0.15, 0.2) is 18.2 Å². The monoisotopic (exact) mass is 413 g/mol.